The zero-order chi connectivity index (χ0) is 29.5. The predicted octanol–water partition coefficient (Wildman–Crippen LogP) is 5.42. The van der Waals surface area contributed by atoms with Gasteiger partial charge in [0.1, 0.15) is 11.4 Å². The van der Waals surface area contributed by atoms with Crippen molar-refractivity contribution < 1.29 is 27.9 Å². The first kappa shape index (κ1) is 25.3. The third-order valence-electron chi connectivity index (χ3n) is 8.46. The molecule has 0 radical (unpaired) electrons. The molecule has 5 aromatic rings. The Morgan fingerprint density at radius 1 is 0.860 bits per heavy atom. The van der Waals surface area contributed by atoms with Crippen molar-refractivity contribution in [1.29, 1.82) is 0 Å². The van der Waals surface area contributed by atoms with Crippen LogP contribution in [0.1, 0.15) is 38.4 Å². The van der Waals surface area contributed by atoms with E-state index in [2.05, 4.69) is 0 Å². The van der Waals surface area contributed by atoms with Gasteiger partial charge < -0.3 is 23.7 Å². The molecule has 8 rings (SSSR count). The number of carbonyl (C=O) groups excluding carboxylic acids is 2. The molecular formula is C34H23FN2O6. The van der Waals surface area contributed by atoms with E-state index in [-0.39, 0.29) is 42.2 Å². The van der Waals surface area contributed by atoms with Gasteiger partial charge in [0.2, 0.25) is 12.6 Å². The molecule has 9 heteroatoms. The number of fused-ring (bicyclic) bond motifs is 6. The van der Waals surface area contributed by atoms with Gasteiger partial charge in [-0.05, 0) is 48.9 Å². The molecule has 4 heterocycles. The first-order valence-corrected chi connectivity index (χ1v) is 13.8. The number of halogens is 1. The summed E-state index contributed by atoms with van der Waals surface area (Å²) in [4.78, 5) is 46.5. The molecule has 4 aromatic carbocycles. The van der Waals surface area contributed by atoms with Gasteiger partial charge in [-0.2, -0.15) is 0 Å². The minimum Gasteiger partial charge on any atom is -0.454 e. The molecule has 0 unspecified atom stereocenters. The molecule has 0 fully saturated rings. The minimum absolute atomic E-state index is 0.0372. The van der Waals surface area contributed by atoms with Crippen LogP contribution in [0, 0.1) is 12.7 Å². The fourth-order valence-corrected chi connectivity index (χ4v) is 6.50. The van der Waals surface area contributed by atoms with Crippen LogP contribution in [-0.2, 0) is 23.4 Å². The standard InChI is InChI=1S/C34H23FN2O6/c1-19-10-12-26-22(14-19)30(38)29-31(43-26)32(39)37(16-20-11-13-27-28(15-20)42-18-41-27)34(29)23-7-3-5-9-25(23)36(33(34)40)17-21-6-2-4-8-24(21)35/h2-15H,16-18H2,1H3/t34-/m0/s1. The van der Waals surface area contributed by atoms with E-state index in [1.54, 1.807) is 78.9 Å². The average Bonchev–Trinajstić information content (AvgIpc) is 3.65. The van der Waals surface area contributed by atoms with E-state index in [9.17, 15) is 18.8 Å². The Hall–Kier alpha value is -5.44. The highest BCUT2D eigenvalue weighted by atomic mass is 19.1. The van der Waals surface area contributed by atoms with E-state index < -0.39 is 28.6 Å². The number of amides is 2. The molecule has 1 aromatic heterocycles. The number of nitrogens with zero attached hydrogens (tertiary/aromatic N) is 2. The van der Waals surface area contributed by atoms with Crippen molar-refractivity contribution in [1.82, 2.24) is 4.90 Å². The third-order valence-corrected chi connectivity index (χ3v) is 8.46. The SMILES string of the molecule is Cc1ccc2oc3c(c(=O)c2c1)[C@@]1(C(=O)N(Cc2ccccc2F)c2ccccc21)N(Cc1ccc2c(c1)OCO2)C3=O. The van der Waals surface area contributed by atoms with E-state index in [0.29, 0.717) is 33.9 Å². The Balaban J connectivity index is 1.39. The van der Waals surface area contributed by atoms with Gasteiger partial charge in [-0.25, -0.2) is 4.39 Å². The third kappa shape index (κ3) is 3.45. The minimum atomic E-state index is -1.84. The number of aryl methyl sites for hydroxylation is 1. The molecule has 1 spiro atoms. The second-order valence-corrected chi connectivity index (χ2v) is 10.9. The fourth-order valence-electron chi connectivity index (χ4n) is 6.50. The van der Waals surface area contributed by atoms with Crippen LogP contribution in [0.2, 0.25) is 0 Å². The summed E-state index contributed by atoms with van der Waals surface area (Å²) in [5.74, 6) is -0.683. The molecular weight excluding hydrogens is 551 g/mol. The molecule has 2 amide bonds. The van der Waals surface area contributed by atoms with Crippen molar-refractivity contribution >= 4 is 28.5 Å². The average molecular weight is 575 g/mol. The molecule has 43 heavy (non-hydrogen) atoms. The molecule has 0 bridgehead atoms. The van der Waals surface area contributed by atoms with Crippen molar-refractivity contribution in [3.63, 3.8) is 0 Å². The molecule has 0 saturated heterocycles. The lowest BCUT2D eigenvalue weighted by Gasteiger charge is -2.34. The van der Waals surface area contributed by atoms with Crippen LogP contribution in [0.15, 0.2) is 94.1 Å². The lowest BCUT2D eigenvalue weighted by atomic mass is 9.83. The second-order valence-electron chi connectivity index (χ2n) is 10.9. The highest BCUT2D eigenvalue weighted by Gasteiger charge is 2.65. The van der Waals surface area contributed by atoms with Crippen molar-refractivity contribution in [2.24, 2.45) is 0 Å². The van der Waals surface area contributed by atoms with Crippen LogP contribution >= 0.6 is 0 Å². The van der Waals surface area contributed by atoms with Crippen molar-refractivity contribution in [2.75, 3.05) is 11.7 Å². The summed E-state index contributed by atoms with van der Waals surface area (Å²) >= 11 is 0. The smallest absolute Gasteiger partial charge is 0.291 e. The zero-order valence-electron chi connectivity index (χ0n) is 22.9. The number of ether oxygens (including phenoxy) is 2. The maximum atomic E-state index is 14.9. The van der Waals surface area contributed by atoms with Crippen molar-refractivity contribution in [3.05, 3.63) is 135 Å². The molecule has 3 aliphatic rings. The Kier molecular flexibility index (Phi) is 5.31. The summed E-state index contributed by atoms with van der Waals surface area (Å²) in [6.07, 6.45) is 0. The first-order chi connectivity index (χ1) is 20.9. The van der Waals surface area contributed by atoms with Gasteiger partial charge in [0.15, 0.2) is 22.5 Å². The summed E-state index contributed by atoms with van der Waals surface area (Å²) in [5, 5.41) is 0.272. The summed E-state index contributed by atoms with van der Waals surface area (Å²) in [7, 11) is 0. The quantitative estimate of drug-likeness (QED) is 0.285. The fraction of sp³-hybridized carbons (Fsp3) is 0.147. The van der Waals surface area contributed by atoms with E-state index in [1.807, 2.05) is 6.92 Å². The van der Waals surface area contributed by atoms with Crippen molar-refractivity contribution in [3.8, 4) is 11.5 Å². The highest BCUT2D eigenvalue weighted by molar-refractivity contribution is 6.17. The van der Waals surface area contributed by atoms with Gasteiger partial charge in [-0.1, -0.05) is 54.1 Å². The molecule has 1 atom stereocenters. The molecule has 212 valence electrons. The molecule has 3 aliphatic heterocycles. The first-order valence-electron chi connectivity index (χ1n) is 13.8. The van der Waals surface area contributed by atoms with Crippen molar-refractivity contribution in [2.45, 2.75) is 25.6 Å². The topological polar surface area (TPSA) is 89.3 Å². The van der Waals surface area contributed by atoms with Gasteiger partial charge in [-0.3, -0.25) is 14.4 Å². The number of rotatable bonds is 4. The van der Waals surface area contributed by atoms with E-state index in [4.69, 9.17) is 13.9 Å². The number of anilines is 1. The predicted molar refractivity (Wildman–Crippen MR) is 154 cm³/mol. The van der Waals surface area contributed by atoms with Crippen LogP contribution in [0.4, 0.5) is 10.1 Å². The Bertz CT molecular complexity index is 2090. The zero-order valence-corrected chi connectivity index (χ0v) is 22.9. The summed E-state index contributed by atoms with van der Waals surface area (Å²) in [6.45, 7) is 1.80. The van der Waals surface area contributed by atoms with Gasteiger partial charge in [0.25, 0.3) is 11.8 Å². The summed E-state index contributed by atoms with van der Waals surface area (Å²) in [5.41, 5.74) is 0.635. The monoisotopic (exact) mass is 574 g/mol. The van der Waals surface area contributed by atoms with Gasteiger partial charge in [0.05, 0.1) is 23.2 Å². The number of benzene rings is 4. The highest BCUT2D eigenvalue weighted by Crippen LogP contribution is 2.53. The summed E-state index contributed by atoms with van der Waals surface area (Å²) < 4.78 is 32.0. The summed E-state index contributed by atoms with van der Waals surface area (Å²) in [6, 6.07) is 23.7. The molecule has 8 nitrogen and oxygen atoms in total. The van der Waals surface area contributed by atoms with E-state index in [0.717, 1.165) is 5.56 Å². The molecule has 0 saturated carbocycles. The maximum Gasteiger partial charge on any atom is 0.291 e. The van der Waals surface area contributed by atoms with E-state index >= 15 is 0 Å². The largest absolute Gasteiger partial charge is 0.454 e. The van der Waals surface area contributed by atoms with Crippen LogP contribution in [0.3, 0.4) is 0 Å². The molecule has 0 aliphatic carbocycles. The number of hydrogen-bond acceptors (Lipinski definition) is 6. The Morgan fingerprint density at radius 3 is 2.51 bits per heavy atom. The lowest BCUT2D eigenvalue weighted by Crippen LogP contribution is -2.53. The number of para-hydroxylation sites is 1. The second kappa shape index (κ2) is 9.03. The number of hydrogen-bond donors (Lipinski definition) is 0. The lowest BCUT2D eigenvalue weighted by molar-refractivity contribution is -0.126. The normalized spacial score (nSPS) is 18.2. The molecule has 0 N–H and O–H groups in total. The van der Waals surface area contributed by atoms with Gasteiger partial charge in [-0.15, -0.1) is 0 Å². The Morgan fingerprint density at radius 2 is 1.65 bits per heavy atom. The Labute approximate surface area is 244 Å². The van der Waals surface area contributed by atoms with Gasteiger partial charge >= 0.3 is 0 Å². The van der Waals surface area contributed by atoms with Crippen LogP contribution in [0.5, 0.6) is 11.5 Å². The van der Waals surface area contributed by atoms with Crippen LogP contribution < -0.4 is 19.8 Å². The number of carbonyl (C=O) groups is 2. The van der Waals surface area contributed by atoms with Gasteiger partial charge in [0, 0.05) is 17.7 Å². The van der Waals surface area contributed by atoms with E-state index in [1.165, 1.54) is 15.9 Å². The maximum absolute atomic E-state index is 14.9. The van der Waals surface area contributed by atoms with Crippen LogP contribution in [0.25, 0.3) is 11.0 Å². The van der Waals surface area contributed by atoms with Crippen LogP contribution in [-0.4, -0.2) is 23.5 Å².